The van der Waals surface area contributed by atoms with Crippen LogP contribution in [0.15, 0.2) is 0 Å². The zero-order valence-electron chi connectivity index (χ0n) is 7.19. The molecule has 0 aromatic heterocycles. The Morgan fingerprint density at radius 3 is 3.00 bits per heavy atom. The summed E-state index contributed by atoms with van der Waals surface area (Å²) in [6.45, 7) is 3.21. The number of hydrogen-bond acceptors (Lipinski definition) is 2. The van der Waals surface area contributed by atoms with Gasteiger partial charge in [0.15, 0.2) is 0 Å². The standard InChI is InChI=1S/C8H17N3/c1-10-5-3-7-11-6-2-4-8(11)9/h9-10H,2-7H2,1H3. The third kappa shape index (κ3) is 2.50. The van der Waals surface area contributed by atoms with Crippen LogP contribution in [0.1, 0.15) is 19.3 Å². The van der Waals surface area contributed by atoms with Crippen molar-refractivity contribution in [3.8, 4) is 0 Å². The monoisotopic (exact) mass is 155 g/mol. The first-order chi connectivity index (χ1) is 5.34. The van der Waals surface area contributed by atoms with Crippen LogP contribution >= 0.6 is 0 Å². The molecule has 2 N–H and O–H groups in total. The minimum Gasteiger partial charge on any atom is -0.360 e. The molecule has 3 nitrogen and oxygen atoms in total. The van der Waals surface area contributed by atoms with Crippen LogP contribution in [-0.4, -0.2) is 37.4 Å². The van der Waals surface area contributed by atoms with E-state index in [2.05, 4.69) is 10.2 Å². The molecule has 0 aromatic carbocycles. The molecule has 0 amide bonds. The van der Waals surface area contributed by atoms with Gasteiger partial charge in [0, 0.05) is 19.5 Å². The van der Waals surface area contributed by atoms with E-state index < -0.39 is 0 Å². The Bertz CT molecular complexity index is 133. The molecule has 0 saturated carbocycles. The molecule has 1 fully saturated rings. The summed E-state index contributed by atoms with van der Waals surface area (Å²) in [5, 5.41) is 10.7. The van der Waals surface area contributed by atoms with E-state index in [0.717, 1.165) is 38.3 Å². The van der Waals surface area contributed by atoms with E-state index in [-0.39, 0.29) is 0 Å². The van der Waals surface area contributed by atoms with Crippen LogP contribution < -0.4 is 5.32 Å². The fourth-order valence-corrected chi connectivity index (χ4v) is 1.42. The molecule has 0 aromatic rings. The molecule has 0 unspecified atom stereocenters. The maximum Gasteiger partial charge on any atom is 0.0958 e. The van der Waals surface area contributed by atoms with E-state index in [1.165, 1.54) is 6.42 Å². The molecule has 1 aliphatic heterocycles. The summed E-state index contributed by atoms with van der Waals surface area (Å²) in [5.74, 6) is 0.834. The third-order valence-electron chi connectivity index (χ3n) is 2.08. The molecule has 1 aliphatic rings. The lowest BCUT2D eigenvalue weighted by atomic mass is 10.4. The van der Waals surface area contributed by atoms with Crippen molar-refractivity contribution in [2.75, 3.05) is 26.7 Å². The van der Waals surface area contributed by atoms with E-state index in [4.69, 9.17) is 5.41 Å². The number of amidine groups is 1. The van der Waals surface area contributed by atoms with Crippen molar-refractivity contribution in [3.63, 3.8) is 0 Å². The van der Waals surface area contributed by atoms with E-state index in [1.807, 2.05) is 7.05 Å². The molecule has 64 valence electrons. The smallest absolute Gasteiger partial charge is 0.0958 e. The molecule has 3 heteroatoms. The van der Waals surface area contributed by atoms with Crippen molar-refractivity contribution in [1.29, 1.82) is 5.41 Å². The maximum atomic E-state index is 7.55. The molecule has 11 heavy (non-hydrogen) atoms. The highest BCUT2D eigenvalue weighted by molar-refractivity contribution is 5.80. The summed E-state index contributed by atoms with van der Waals surface area (Å²) >= 11 is 0. The molecule has 0 aliphatic carbocycles. The van der Waals surface area contributed by atoms with Gasteiger partial charge in [0.1, 0.15) is 0 Å². The van der Waals surface area contributed by atoms with Crippen LogP contribution in [0.25, 0.3) is 0 Å². The quantitative estimate of drug-likeness (QED) is 0.586. The topological polar surface area (TPSA) is 39.1 Å². The zero-order chi connectivity index (χ0) is 8.10. The van der Waals surface area contributed by atoms with Gasteiger partial charge in [-0.15, -0.1) is 0 Å². The number of hydrogen-bond donors (Lipinski definition) is 2. The van der Waals surface area contributed by atoms with Gasteiger partial charge < -0.3 is 10.2 Å². The van der Waals surface area contributed by atoms with E-state index in [1.54, 1.807) is 0 Å². The Hall–Kier alpha value is -0.570. The predicted octanol–water partition coefficient (Wildman–Crippen LogP) is 0.669. The number of nitrogens with zero attached hydrogens (tertiary/aromatic N) is 1. The average molecular weight is 155 g/mol. The molecule has 0 spiro atoms. The minimum atomic E-state index is 0.834. The van der Waals surface area contributed by atoms with Gasteiger partial charge in [-0.05, 0) is 26.4 Å². The highest BCUT2D eigenvalue weighted by Gasteiger charge is 2.14. The van der Waals surface area contributed by atoms with Crippen LogP contribution in [0, 0.1) is 5.41 Å². The lowest BCUT2D eigenvalue weighted by Crippen LogP contribution is -2.27. The SMILES string of the molecule is CNCCCN1CCCC1=N. The fraction of sp³-hybridized carbons (Fsp3) is 0.875. The van der Waals surface area contributed by atoms with Crippen molar-refractivity contribution in [1.82, 2.24) is 10.2 Å². The van der Waals surface area contributed by atoms with E-state index in [9.17, 15) is 0 Å². The Kier molecular flexibility index (Phi) is 3.36. The molecular weight excluding hydrogens is 138 g/mol. The van der Waals surface area contributed by atoms with E-state index in [0.29, 0.717) is 0 Å². The van der Waals surface area contributed by atoms with Crippen molar-refractivity contribution in [3.05, 3.63) is 0 Å². The highest BCUT2D eigenvalue weighted by atomic mass is 15.2. The maximum absolute atomic E-state index is 7.55. The van der Waals surface area contributed by atoms with Gasteiger partial charge in [0.25, 0.3) is 0 Å². The Morgan fingerprint density at radius 2 is 2.45 bits per heavy atom. The molecule has 1 saturated heterocycles. The normalized spacial score (nSPS) is 17.9. The first-order valence-corrected chi connectivity index (χ1v) is 4.31. The average Bonchev–Trinajstić information content (AvgIpc) is 2.37. The second-order valence-electron chi connectivity index (χ2n) is 2.99. The Morgan fingerprint density at radius 1 is 1.64 bits per heavy atom. The molecular formula is C8H17N3. The fourth-order valence-electron chi connectivity index (χ4n) is 1.42. The molecule has 1 rings (SSSR count). The zero-order valence-corrected chi connectivity index (χ0v) is 7.19. The largest absolute Gasteiger partial charge is 0.360 e. The van der Waals surface area contributed by atoms with Gasteiger partial charge in [-0.3, -0.25) is 5.41 Å². The van der Waals surface area contributed by atoms with Gasteiger partial charge in [-0.25, -0.2) is 0 Å². The molecule has 0 radical (unpaired) electrons. The van der Waals surface area contributed by atoms with Gasteiger partial charge in [-0.1, -0.05) is 0 Å². The van der Waals surface area contributed by atoms with Crippen molar-refractivity contribution >= 4 is 5.84 Å². The summed E-state index contributed by atoms with van der Waals surface area (Å²) in [6.07, 6.45) is 3.32. The predicted molar refractivity (Wildman–Crippen MR) is 47.1 cm³/mol. The molecule has 1 heterocycles. The van der Waals surface area contributed by atoms with Crippen LogP contribution in [0.3, 0.4) is 0 Å². The van der Waals surface area contributed by atoms with Gasteiger partial charge in [0.05, 0.1) is 5.84 Å². The van der Waals surface area contributed by atoms with Crippen molar-refractivity contribution < 1.29 is 0 Å². The van der Waals surface area contributed by atoms with Gasteiger partial charge in [-0.2, -0.15) is 0 Å². The van der Waals surface area contributed by atoms with Crippen LogP contribution in [0.4, 0.5) is 0 Å². The summed E-state index contributed by atoms with van der Waals surface area (Å²) in [5.41, 5.74) is 0. The number of nitrogens with one attached hydrogen (secondary N) is 2. The minimum absolute atomic E-state index is 0.834. The second-order valence-corrected chi connectivity index (χ2v) is 2.99. The first kappa shape index (κ1) is 8.53. The first-order valence-electron chi connectivity index (χ1n) is 4.31. The summed E-state index contributed by atoms with van der Waals surface area (Å²) in [6, 6.07) is 0. The van der Waals surface area contributed by atoms with Crippen LogP contribution in [-0.2, 0) is 0 Å². The number of likely N-dealkylation sites (tertiary alicyclic amines) is 1. The second kappa shape index (κ2) is 4.34. The Balaban J connectivity index is 2.10. The van der Waals surface area contributed by atoms with Gasteiger partial charge >= 0.3 is 0 Å². The summed E-state index contributed by atoms with van der Waals surface area (Å²) < 4.78 is 0. The van der Waals surface area contributed by atoms with E-state index >= 15 is 0 Å². The number of rotatable bonds is 4. The third-order valence-corrected chi connectivity index (χ3v) is 2.08. The lowest BCUT2D eigenvalue weighted by Gasteiger charge is -2.16. The summed E-state index contributed by atoms with van der Waals surface area (Å²) in [7, 11) is 1.97. The van der Waals surface area contributed by atoms with Gasteiger partial charge in [0.2, 0.25) is 0 Å². The van der Waals surface area contributed by atoms with Crippen LogP contribution in [0.5, 0.6) is 0 Å². The molecule has 0 atom stereocenters. The lowest BCUT2D eigenvalue weighted by molar-refractivity contribution is 0.436. The highest BCUT2D eigenvalue weighted by Crippen LogP contribution is 2.09. The molecule has 0 bridgehead atoms. The Labute approximate surface area is 68.3 Å². The van der Waals surface area contributed by atoms with Crippen LogP contribution in [0.2, 0.25) is 0 Å². The van der Waals surface area contributed by atoms with Crippen molar-refractivity contribution in [2.24, 2.45) is 0 Å². The van der Waals surface area contributed by atoms with Crippen molar-refractivity contribution in [2.45, 2.75) is 19.3 Å². The summed E-state index contributed by atoms with van der Waals surface area (Å²) in [4.78, 5) is 2.18.